The molecule has 1 fully saturated rings. The Morgan fingerprint density at radius 3 is 3.12 bits per heavy atom. The number of halogens is 1. The first-order valence-electron chi connectivity index (χ1n) is 5.51. The van der Waals surface area contributed by atoms with Gasteiger partial charge in [-0.25, -0.2) is 0 Å². The summed E-state index contributed by atoms with van der Waals surface area (Å²) in [4.78, 5) is 11.6. The monoisotopic (exact) mass is 242 g/mol. The van der Waals surface area contributed by atoms with E-state index in [0.717, 1.165) is 31.6 Å². The van der Waals surface area contributed by atoms with Crippen LogP contribution in [-0.2, 0) is 11.3 Å². The third-order valence-corrected chi connectivity index (χ3v) is 2.89. The van der Waals surface area contributed by atoms with E-state index in [4.69, 9.17) is 16.0 Å². The van der Waals surface area contributed by atoms with Gasteiger partial charge in [0.15, 0.2) is 5.22 Å². The van der Waals surface area contributed by atoms with Crippen LogP contribution in [0, 0.1) is 0 Å². The topological polar surface area (TPSA) is 54.3 Å². The van der Waals surface area contributed by atoms with Crippen LogP contribution in [0.15, 0.2) is 16.5 Å². The van der Waals surface area contributed by atoms with Gasteiger partial charge in [0.2, 0.25) is 5.91 Å². The first kappa shape index (κ1) is 11.5. The van der Waals surface area contributed by atoms with Crippen molar-refractivity contribution in [2.75, 3.05) is 6.54 Å². The number of hydrogen-bond acceptors (Lipinski definition) is 3. The Kier molecular flexibility index (Phi) is 3.85. The van der Waals surface area contributed by atoms with Crippen LogP contribution >= 0.6 is 11.6 Å². The third kappa shape index (κ3) is 3.00. The van der Waals surface area contributed by atoms with Gasteiger partial charge in [0.05, 0.1) is 12.6 Å². The quantitative estimate of drug-likeness (QED) is 0.848. The first-order chi connectivity index (χ1) is 7.75. The third-order valence-electron chi connectivity index (χ3n) is 2.69. The summed E-state index contributed by atoms with van der Waals surface area (Å²) in [6.07, 6.45) is 2.99. The number of rotatable bonds is 3. The van der Waals surface area contributed by atoms with Crippen molar-refractivity contribution in [2.24, 2.45) is 0 Å². The van der Waals surface area contributed by atoms with Crippen molar-refractivity contribution >= 4 is 17.5 Å². The van der Waals surface area contributed by atoms with Crippen molar-refractivity contribution < 1.29 is 9.21 Å². The van der Waals surface area contributed by atoms with E-state index in [0.29, 0.717) is 11.8 Å². The second-order valence-corrected chi connectivity index (χ2v) is 4.30. The summed E-state index contributed by atoms with van der Waals surface area (Å²) in [6, 6.07) is 3.39. The lowest BCUT2D eigenvalue weighted by Gasteiger charge is -2.13. The van der Waals surface area contributed by atoms with E-state index in [1.54, 1.807) is 6.07 Å². The summed E-state index contributed by atoms with van der Waals surface area (Å²) in [5.41, 5.74) is 0. The van der Waals surface area contributed by atoms with Gasteiger partial charge in [-0.05, 0) is 43.0 Å². The zero-order valence-electron chi connectivity index (χ0n) is 8.96. The van der Waals surface area contributed by atoms with Crippen molar-refractivity contribution in [3.05, 3.63) is 23.1 Å². The average Bonchev–Trinajstić information content (AvgIpc) is 2.56. The second kappa shape index (κ2) is 5.37. The molecule has 0 spiro atoms. The molecule has 0 aliphatic carbocycles. The molecule has 1 saturated heterocycles. The molecule has 1 aliphatic rings. The maximum Gasteiger partial charge on any atom is 0.237 e. The number of amides is 1. The van der Waals surface area contributed by atoms with Crippen LogP contribution < -0.4 is 10.6 Å². The lowest BCUT2D eigenvalue weighted by Crippen LogP contribution is -2.42. The molecular weight excluding hydrogens is 228 g/mol. The van der Waals surface area contributed by atoms with Crippen molar-refractivity contribution in [1.29, 1.82) is 0 Å². The highest BCUT2D eigenvalue weighted by atomic mass is 35.5. The van der Waals surface area contributed by atoms with E-state index in [2.05, 4.69) is 10.6 Å². The van der Waals surface area contributed by atoms with Crippen molar-refractivity contribution in [3.63, 3.8) is 0 Å². The Labute approximate surface area is 99.3 Å². The molecule has 0 saturated carbocycles. The van der Waals surface area contributed by atoms with Gasteiger partial charge in [-0.2, -0.15) is 0 Å². The van der Waals surface area contributed by atoms with E-state index in [1.165, 1.54) is 0 Å². The molecule has 1 unspecified atom stereocenters. The molecule has 1 aliphatic heterocycles. The van der Waals surface area contributed by atoms with Gasteiger partial charge in [0, 0.05) is 6.54 Å². The molecule has 2 heterocycles. The lowest BCUT2D eigenvalue weighted by atomic mass is 10.1. The van der Waals surface area contributed by atoms with E-state index >= 15 is 0 Å². The molecule has 1 atom stereocenters. The van der Waals surface area contributed by atoms with Gasteiger partial charge in [0.25, 0.3) is 0 Å². The van der Waals surface area contributed by atoms with Crippen molar-refractivity contribution in [3.8, 4) is 0 Å². The predicted octanol–water partition coefficient (Wildman–Crippen LogP) is 1.69. The van der Waals surface area contributed by atoms with Crippen LogP contribution in [-0.4, -0.2) is 18.5 Å². The molecule has 0 radical (unpaired) electrons. The Hall–Kier alpha value is -1.00. The van der Waals surface area contributed by atoms with E-state index in [1.807, 2.05) is 6.07 Å². The standard InChI is InChI=1S/C11H15ClN2O2/c12-10-5-4-8(16-10)7-14-9-3-1-2-6-13-11(9)15/h4-5,9,14H,1-3,6-7H2,(H,13,15). The van der Waals surface area contributed by atoms with Crippen molar-refractivity contribution in [2.45, 2.75) is 31.8 Å². The molecular formula is C11H15ClN2O2. The molecule has 4 nitrogen and oxygen atoms in total. The Balaban J connectivity index is 1.86. The Morgan fingerprint density at radius 2 is 2.38 bits per heavy atom. The highest BCUT2D eigenvalue weighted by molar-refractivity contribution is 6.28. The molecule has 88 valence electrons. The van der Waals surface area contributed by atoms with E-state index < -0.39 is 0 Å². The second-order valence-electron chi connectivity index (χ2n) is 3.93. The summed E-state index contributed by atoms with van der Waals surface area (Å²) in [6.45, 7) is 1.31. The maximum atomic E-state index is 11.6. The molecule has 1 aromatic rings. The Morgan fingerprint density at radius 1 is 1.50 bits per heavy atom. The number of furan rings is 1. The molecule has 2 N–H and O–H groups in total. The highest BCUT2D eigenvalue weighted by Gasteiger charge is 2.19. The predicted molar refractivity (Wildman–Crippen MR) is 61.2 cm³/mol. The summed E-state index contributed by atoms with van der Waals surface area (Å²) < 4.78 is 5.21. The maximum absolute atomic E-state index is 11.6. The molecule has 0 bridgehead atoms. The fourth-order valence-corrected chi connectivity index (χ4v) is 1.97. The van der Waals surface area contributed by atoms with Gasteiger partial charge in [-0.15, -0.1) is 0 Å². The Bertz CT molecular complexity index is 365. The van der Waals surface area contributed by atoms with Gasteiger partial charge in [-0.1, -0.05) is 0 Å². The summed E-state index contributed by atoms with van der Waals surface area (Å²) >= 11 is 5.66. The fourth-order valence-electron chi connectivity index (χ4n) is 1.80. The molecule has 1 amide bonds. The smallest absolute Gasteiger partial charge is 0.237 e. The number of carbonyl (C=O) groups is 1. The van der Waals surface area contributed by atoms with E-state index in [9.17, 15) is 4.79 Å². The van der Waals surface area contributed by atoms with Crippen LogP contribution in [0.4, 0.5) is 0 Å². The highest BCUT2D eigenvalue weighted by Crippen LogP contribution is 2.13. The minimum atomic E-state index is -0.119. The molecule has 2 rings (SSSR count). The van der Waals surface area contributed by atoms with Crippen LogP contribution in [0.5, 0.6) is 0 Å². The molecule has 16 heavy (non-hydrogen) atoms. The van der Waals surface area contributed by atoms with Crippen LogP contribution in [0.25, 0.3) is 0 Å². The zero-order chi connectivity index (χ0) is 11.4. The molecule has 1 aromatic heterocycles. The summed E-state index contributed by atoms with van der Waals surface area (Å²) in [5.74, 6) is 0.831. The van der Waals surface area contributed by atoms with Crippen LogP contribution in [0.3, 0.4) is 0 Å². The van der Waals surface area contributed by atoms with E-state index in [-0.39, 0.29) is 11.9 Å². The first-order valence-corrected chi connectivity index (χ1v) is 5.89. The normalized spacial score (nSPS) is 21.6. The minimum absolute atomic E-state index is 0.0788. The summed E-state index contributed by atoms with van der Waals surface area (Å²) in [7, 11) is 0. The number of hydrogen-bond donors (Lipinski definition) is 2. The SMILES string of the molecule is O=C1NCCCCC1NCc1ccc(Cl)o1. The summed E-state index contributed by atoms with van der Waals surface area (Å²) in [5, 5.41) is 6.43. The van der Waals surface area contributed by atoms with Gasteiger partial charge in [0.1, 0.15) is 5.76 Å². The molecule has 5 heteroatoms. The molecule has 0 aromatic carbocycles. The van der Waals surface area contributed by atoms with Crippen LogP contribution in [0.1, 0.15) is 25.0 Å². The van der Waals surface area contributed by atoms with Gasteiger partial charge < -0.3 is 9.73 Å². The van der Waals surface area contributed by atoms with Crippen LogP contribution in [0.2, 0.25) is 5.22 Å². The number of carbonyl (C=O) groups excluding carboxylic acids is 1. The minimum Gasteiger partial charge on any atom is -0.448 e. The van der Waals surface area contributed by atoms with Crippen molar-refractivity contribution in [1.82, 2.24) is 10.6 Å². The average molecular weight is 243 g/mol. The number of nitrogens with one attached hydrogen (secondary N) is 2. The lowest BCUT2D eigenvalue weighted by molar-refractivity contribution is -0.122. The van der Waals surface area contributed by atoms with Gasteiger partial charge in [-0.3, -0.25) is 10.1 Å². The fraction of sp³-hybridized carbons (Fsp3) is 0.545. The van der Waals surface area contributed by atoms with Gasteiger partial charge >= 0.3 is 0 Å². The largest absolute Gasteiger partial charge is 0.448 e. The zero-order valence-corrected chi connectivity index (χ0v) is 9.72.